The molecular formula is C2H4NO2-. The summed E-state index contributed by atoms with van der Waals surface area (Å²) in [5.41, 5.74) is 1.14. The van der Waals surface area contributed by atoms with E-state index in [1.54, 1.807) is 0 Å². The Morgan fingerprint density at radius 3 is 2.20 bits per heavy atom. The molecule has 3 heteroatoms. The van der Waals surface area contributed by atoms with Crippen LogP contribution in [0.5, 0.6) is 0 Å². The molecule has 0 radical (unpaired) electrons. The van der Waals surface area contributed by atoms with Crippen molar-refractivity contribution in [3.63, 3.8) is 0 Å². The van der Waals surface area contributed by atoms with E-state index >= 15 is 0 Å². The third kappa shape index (κ3) is 3.43. The number of carbonyl (C=O) groups excluding carboxylic acids is 1. The molecule has 0 rings (SSSR count). The first-order valence-electron chi connectivity index (χ1n) is 1.16. The van der Waals surface area contributed by atoms with Crippen molar-refractivity contribution in [1.29, 1.82) is 0 Å². The van der Waals surface area contributed by atoms with Gasteiger partial charge in [0.1, 0.15) is 0 Å². The van der Waals surface area contributed by atoms with Crippen LogP contribution in [0.25, 0.3) is 0 Å². The number of hydrogen-bond donors (Lipinski definition) is 1. The molecule has 0 bridgehead atoms. The van der Waals surface area contributed by atoms with Crippen molar-refractivity contribution in [2.24, 2.45) is 0 Å². The van der Waals surface area contributed by atoms with E-state index in [0.717, 1.165) is 12.4 Å². The third-order valence-electron chi connectivity index (χ3n) is 0.144. The molecule has 0 aromatic heterocycles. The maximum atomic E-state index is 9.39. The monoisotopic (exact) mass is 74.0 g/mol. The second-order valence-electron chi connectivity index (χ2n) is 0.658. The Morgan fingerprint density at radius 2 is 2.20 bits per heavy atom. The van der Waals surface area contributed by atoms with E-state index < -0.39 is 5.91 Å². The van der Waals surface area contributed by atoms with Gasteiger partial charge in [-0.3, -0.25) is 4.79 Å². The Morgan fingerprint density at radius 1 is 2.00 bits per heavy atom. The van der Waals surface area contributed by atoms with Crippen LogP contribution >= 0.6 is 0 Å². The molecule has 0 aromatic rings. The highest BCUT2D eigenvalue weighted by Crippen LogP contribution is 1.47. The van der Waals surface area contributed by atoms with Crippen LogP contribution in [-0.4, -0.2) is 5.91 Å². The van der Waals surface area contributed by atoms with Crippen LogP contribution < -0.4 is 5.48 Å². The Hall–Kier alpha value is -0.570. The first-order valence-corrected chi connectivity index (χ1v) is 1.16. The second kappa shape index (κ2) is 1.72. The normalized spacial score (nSPS) is 6.80. The van der Waals surface area contributed by atoms with E-state index in [4.69, 9.17) is 5.21 Å². The van der Waals surface area contributed by atoms with Crippen LogP contribution in [0.1, 0.15) is 6.92 Å². The maximum Gasteiger partial charge on any atom is 0.206 e. The summed E-state index contributed by atoms with van der Waals surface area (Å²) in [7, 11) is 0. The fourth-order valence-electron chi connectivity index (χ4n) is 0. The lowest BCUT2D eigenvalue weighted by Gasteiger charge is -1.97. The Bertz CT molecular complexity index is 42.9. The number of hydrogen-bond acceptors (Lipinski definition) is 2. The molecule has 0 aliphatic rings. The lowest BCUT2D eigenvalue weighted by molar-refractivity contribution is -0.118. The predicted molar refractivity (Wildman–Crippen MR) is 17.2 cm³/mol. The van der Waals surface area contributed by atoms with Crippen molar-refractivity contribution in [3.05, 3.63) is 5.21 Å². The van der Waals surface area contributed by atoms with Gasteiger partial charge in [0.15, 0.2) is 0 Å². The second-order valence-corrected chi connectivity index (χ2v) is 0.658. The molecular weight excluding hydrogens is 70.0 g/mol. The van der Waals surface area contributed by atoms with Gasteiger partial charge in [-0.1, -0.05) is 0 Å². The lowest BCUT2D eigenvalue weighted by Crippen LogP contribution is -2.09. The smallest absolute Gasteiger partial charge is 0.206 e. The van der Waals surface area contributed by atoms with Crippen LogP contribution in [0.3, 0.4) is 0 Å². The molecule has 1 amide bonds. The summed E-state index contributed by atoms with van der Waals surface area (Å²) in [4.78, 5) is 9.39. The van der Waals surface area contributed by atoms with Crippen LogP contribution in [0.2, 0.25) is 0 Å². The van der Waals surface area contributed by atoms with Gasteiger partial charge in [0.25, 0.3) is 0 Å². The van der Waals surface area contributed by atoms with Gasteiger partial charge in [0.05, 0.1) is 0 Å². The maximum absolute atomic E-state index is 9.39. The molecule has 0 atom stereocenters. The van der Waals surface area contributed by atoms with Gasteiger partial charge in [-0.15, -0.1) is 0 Å². The molecule has 5 heavy (non-hydrogen) atoms. The van der Waals surface area contributed by atoms with E-state index in [-0.39, 0.29) is 0 Å². The average Bonchev–Trinajstić information content (AvgIpc) is 1.38. The average molecular weight is 74.1 g/mol. The van der Waals surface area contributed by atoms with E-state index in [0.29, 0.717) is 0 Å². The highest BCUT2D eigenvalue weighted by molar-refractivity contribution is 5.73. The summed E-state index contributed by atoms with van der Waals surface area (Å²) in [6.45, 7) is 1.16. The van der Waals surface area contributed by atoms with E-state index in [1.165, 1.54) is 0 Å². The molecule has 0 saturated heterocycles. The number of rotatable bonds is 0. The van der Waals surface area contributed by atoms with Crippen molar-refractivity contribution in [3.8, 4) is 0 Å². The Labute approximate surface area is 29.6 Å². The summed E-state index contributed by atoms with van der Waals surface area (Å²) in [6.07, 6.45) is 0. The van der Waals surface area contributed by atoms with Crippen molar-refractivity contribution in [2.75, 3.05) is 0 Å². The highest BCUT2D eigenvalue weighted by atomic mass is 16.5. The van der Waals surface area contributed by atoms with Crippen LogP contribution in [0, 0.1) is 5.21 Å². The van der Waals surface area contributed by atoms with Gasteiger partial charge >= 0.3 is 0 Å². The number of nitrogens with one attached hydrogen (secondary N) is 1. The SMILES string of the molecule is CC(=O)N[O-]. The zero-order chi connectivity index (χ0) is 4.28. The fourth-order valence-corrected chi connectivity index (χ4v) is 0. The van der Waals surface area contributed by atoms with Crippen molar-refractivity contribution in [2.45, 2.75) is 6.92 Å². The topological polar surface area (TPSA) is 52.2 Å². The molecule has 1 N–H and O–H groups in total. The lowest BCUT2D eigenvalue weighted by atomic mass is 10.8. The standard InChI is InChI=1S/C2H4NO2/c1-2(4)3-5/h1H3,(H-,3,4,5)/q-1. The summed E-state index contributed by atoms with van der Waals surface area (Å²) >= 11 is 0. The first-order chi connectivity index (χ1) is 2.27. The number of amides is 1. The van der Waals surface area contributed by atoms with Crippen LogP contribution in [0.15, 0.2) is 0 Å². The van der Waals surface area contributed by atoms with Crippen molar-refractivity contribution >= 4 is 5.91 Å². The molecule has 0 saturated carbocycles. The van der Waals surface area contributed by atoms with E-state index in [2.05, 4.69) is 0 Å². The molecule has 0 aliphatic carbocycles. The molecule has 0 aromatic carbocycles. The van der Waals surface area contributed by atoms with E-state index in [1.807, 2.05) is 0 Å². The minimum Gasteiger partial charge on any atom is -0.759 e. The number of hydroxylamine groups is 1. The molecule has 0 aliphatic heterocycles. The van der Waals surface area contributed by atoms with Crippen molar-refractivity contribution < 1.29 is 4.79 Å². The van der Waals surface area contributed by atoms with E-state index in [9.17, 15) is 4.79 Å². The van der Waals surface area contributed by atoms with Crippen LogP contribution in [0.4, 0.5) is 0 Å². The summed E-state index contributed by atoms with van der Waals surface area (Å²) in [5, 5.41) is 9.03. The van der Waals surface area contributed by atoms with Gasteiger partial charge < -0.3 is 10.7 Å². The molecule has 3 nitrogen and oxygen atoms in total. The first kappa shape index (κ1) is 4.43. The highest BCUT2D eigenvalue weighted by Gasteiger charge is 1.67. The van der Waals surface area contributed by atoms with Gasteiger partial charge in [0.2, 0.25) is 5.91 Å². The molecule has 30 valence electrons. The van der Waals surface area contributed by atoms with Gasteiger partial charge in [-0.05, 0) is 0 Å². The fraction of sp³-hybridized carbons (Fsp3) is 0.500. The summed E-state index contributed by atoms with van der Waals surface area (Å²) < 4.78 is 0. The van der Waals surface area contributed by atoms with Gasteiger partial charge in [-0.2, -0.15) is 0 Å². The Kier molecular flexibility index (Phi) is 1.53. The minimum atomic E-state index is -0.551. The molecule has 0 spiro atoms. The third-order valence-corrected chi connectivity index (χ3v) is 0.144. The Balaban J connectivity index is 2.85. The minimum absolute atomic E-state index is 0.551. The molecule has 0 heterocycles. The van der Waals surface area contributed by atoms with Gasteiger partial charge in [-0.25, -0.2) is 0 Å². The summed E-state index contributed by atoms with van der Waals surface area (Å²) in [6, 6.07) is 0. The number of carbonyl (C=O) groups is 1. The summed E-state index contributed by atoms with van der Waals surface area (Å²) in [5.74, 6) is -0.551. The van der Waals surface area contributed by atoms with Crippen LogP contribution in [-0.2, 0) is 4.79 Å². The molecule has 0 fully saturated rings. The zero-order valence-electron chi connectivity index (χ0n) is 2.82. The molecule has 0 unspecified atom stereocenters. The van der Waals surface area contributed by atoms with Crippen molar-refractivity contribution in [1.82, 2.24) is 5.48 Å². The quantitative estimate of drug-likeness (QED) is 0.398. The predicted octanol–water partition coefficient (Wildman–Crippen LogP) is -0.380. The van der Waals surface area contributed by atoms with Gasteiger partial charge in [0, 0.05) is 6.92 Å². The largest absolute Gasteiger partial charge is 0.759 e. The zero-order valence-corrected chi connectivity index (χ0v) is 2.82.